The normalized spacial score (nSPS) is 9.83. The monoisotopic (exact) mass is 249 g/mol. The van der Waals surface area contributed by atoms with Gasteiger partial charge in [0.25, 0.3) is 0 Å². The number of nitrogen functional groups attached to an aromatic ring is 1. The molecule has 1 aromatic carbocycles. The molecule has 0 aliphatic carbocycles. The maximum absolute atomic E-state index is 10.6. The number of carboxylic acid groups (broad SMARTS) is 1. The van der Waals surface area contributed by atoms with E-state index in [0.717, 1.165) is 0 Å². The van der Waals surface area contributed by atoms with Gasteiger partial charge >= 0.3 is 5.97 Å². The Morgan fingerprint density at radius 2 is 2.17 bits per heavy atom. The summed E-state index contributed by atoms with van der Waals surface area (Å²) < 4.78 is 0.389. The molecule has 1 rings (SSSR count). The van der Waals surface area contributed by atoms with Gasteiger partial charge in [-0.1, -0.05) is 11.6 Å². The van der Waals surface area contributed by atoms with E-state index < -0.39 is 5.97 Å². The van der Waals surface area contributed by atoms with Crippen LogP contribution in [0.3, 0.4) is 0 Å². The smallest absolute Gasteiger partial charge is 0.338 e. The van der Waals surface area contributed by atoms with Crippen LogP contribution < -0.4 is 5.73 Å². The zero-order valence-corrected chi connectivity index (χ0v) is 8.19. The maximum Gasteiger partial charge on any atom is 0.338 e. The molecule has 0 radical (unpaired) electrons. The van der Waals surface area contributed by atoms with Gasteiger partial charge in [-0.15, -0.1) is 0 Å². The van der Waals surface area contributed by atoms with Crippen LogP contribution in [-0.2, 0) is 0 Å². The van der Waals surface area contributed by atoms with Gasteiger partial charge in [0.05, 0.1) is 10.6 Å². The van der Waals surface area contributed by atoms with E-state index in [1.807, 2.05) is 0 Å². The molecule has 0 spiro atoms. The minimum atomic E-state index is -1.08. The minimum absolute atomic E-state index is 0.0332. The summed E-state index contributed by atoms with van der Waals surface area (Å²) in [4.78, 5) is 10.6. The molecule has 3 nitrogen and oxygen atoms in total. The second kappa shape index (κ2) is 3.33. The van der Waals surface area contributed by atoms with Crippen molar-refractivity contribution >= 4 is 39.2 Å². The Kier molecular flexibility index (Phi) is 2.59. The van der Waals surface area contributed by atoms with Gasteiger partial charge in [0.1, 0.15) is 0 Å². The van der Waals surface area contributed by atoms with Crippen LogP contribution in [0.2, 0.25) is 5.02 Å². The summed E-state index contributed by atoms with van der Waals surface area (Å²) in [5, 5.41) is 8.82. The topological polar surface area (TPSA) is 63.3 Å². The predicted octanol–water partition coefficient (Wildman–Crippen LogP) is 2.38. The van der Waals surface area contributed by atoms with Crippen molar-refractivity contribution in [3.63, 3.8) is 0 Å². The van der Waals surface area contributed by atoms with Gasteiger partial charge in [-0.3, -0.25) is 0 Å². The molecule has 0 atom stereocenters. The van der Waals surface area contributed by atoms with Crippen LogP contribution in [0.1, 0.15) is 10.4 Å². The maximum atomic E-state index is 10.6. The molecule has 0 saturated carbocycles. The largest absolute Gasteiger partial charge is 0.478 e. The molecular formula is C7H5BrClNO2. The van der Waals surface area contributed by atoms with E-state index in [9.17, 15) is 4.79 Å². The zero-order chi connectivity index (χ0) is 9.30. The van der Waals surface area contributed by atoms with Crippen molar-refractivity contribution in [3.05, 3.63) is 27.2 Å². The van der Waals surface area contributed by atoms with E-state index in [1.165, 1.54) is 12.1 Å². The molecule has 5 heteroatoms. The van der Waals surface area contributed by atoms with Crippen LogP contribution in [0.25, 0.3) is 0 Å². The van der Waals surface area contributed by atoms with Crippen molar-refractivity contribution in [3.8, 4) is 0 Å². The average molecular weight is 250 g/mol. The molecule has 64 valence electrons. The summed E-state index contributed by atoms with van der Waals surface area (Å²) >= 11 is 8.69. The van der Waals surface area contributed by atoms with Gasteiger partial charge in [-0.05, 0) is 28.1 Å². The molecule has 0 aliphatic heterocycles. The van der Waals surface area contributed by atoms with Crippen molar-refractivity contribution in [1.82, 2.24) is 0 Å². The van der Waals surface area contributed by atoms with Crippen molar-refractivity contribution in [1.29, 1.82) is 0 Å². The van der Waals surface area contributed by atoms with Crippen LogP contribution in [0, 0.1) is 0 Å². The van der Waals surface area contributed by atoms with Crippen LogP contribution in [0.5, 0.6) is 0 Å². The summed E-state index contributed by atoms with van der Waals surface area (Å²) in [5.41, 5.74) is 5.88. The lowest BCUT2D eigenvalue weighted by molar-refractivity contribution is 0.0696. The molecule has 0 saturated heterocycles. The van der Waals surface area contributed by atoms with E-state index in [0.29, 0.717) is 10.2 Å². The Morgan fingerprint density at radius 3 is 2.58 bits per heavy atom. The highest BCUT2D eigenvalue weighted by Gasteiger charge is 2.13. The summed E-state index contributed by atoms with van der Waals surface area (Å²) in [7, 11) is 0. The van der Waals surface area contributed by atoms with Crippen molar-refractivity contribution in [2.75, 3.05) is 5.73 Å². The van der Waals surface area contributed by atoms with Gasteiger partial charge in [0.15, 0.2) is 0 Å². The van der Waals surface area contributed by atoms with Crippen molar-refractivity contribution < 1.29 is 9.90 Å². The summed E-state index contributed by atoms with van der Waals surface area (Å²) in [6.07, 6.45) is 0. The number of hydrogen-bond donors (Lipinski definition) is 2. The average Bonchev–Trinajstić information content (AvgIpc) is 1.82. The van der Waals surface area contributed by atoms with Gasteiger partial charge < -0.3 is 10.8 Å². The standard InChI is InChI=1S/C7H5BrClNO2/c8-4-1-3(10)2-5(9)6(4)7(11)12/h1-2H,10H2,(H,11,12). The summed E-state index contributed by atoms with van der Waals surface area (Å²) in [5.74, 6) is -1.08. The van der Waals surface area contributed by atoms with E-state index in [1.54, 1.807) is 0 Å². The molecule has 1 aromatic rings. The molecule has 0 aliphatic rings. The highest BCUT2D eigenvalue weighted by atomic mass is 79.9. The SMILES string of the molecule is Nc1cc(Cl)c(C(=O)O)c(Br)c1. The quantitative estimate of drug-likeness (QED) is 0.752. The Hall–Kier alpha value is -0.740. The minimum Gasteiger partial charge on any atom is -0.478 e. The molecule has 0 amide bonds. The van der Waals surface area contributed by atoms with Crippen LogP contribution in [-0.4, -0.2) is 11.1 Å². The Balaban J connectivity index is 3.38. The fourth-order valence-corrected chi connectivity index (χ4v) is 1.87. The lowest BCUT2D eigenvalue weighted by atomic mass is 10.2. The number of halogens is 2. The molecule has 0 bridgehead atoms. The number of rotatable bonds is 1. The third-order valence-electron chi connectivity index (χ3n) is 1.28. The highest BCUT2D eigenvalue weighted by Crippen LogP contribution is 2.27. The van der Waals surface area contributed by atoms with Crippen molar-refractivity contribution in [2.24, 2.45) is 0 Å². The zero-order valence-electron chi connectivity index (χ0n) is 5.84. The van der Waals surface area contributed by atoms with Gasteiger partial charge in [-0.2, -0.15) is 0 Å². The Labute approximate surface area is 82.3 Å². The van der Waals surface area contributed by atoms with Crippen molar-refractivity contribution in [2.45, 2.75) is 0 Å². The van der Waals surface area contributed by atoms with E-state index in [-0.39, 0.29) is 10.6 Å². The van der Waals surface area contributed by atoms with E-state index >= 15 is 0 Å². The number of carbonyl (C=O) groups is 1. The molecule has 0 aromatic heterocycles. The number of aromatic carboxylic acids is 1. The molecule has 12 heavy (non-hydrogen) atoms. The van der Waals surface area contributed by atoms with Gasteiger partial charge in [0.2, 0.25) is 0 Å². The number of hydrogen-bond acceptors (Lipinski definition) is 2. The van der Waals surface area contributed by atoms with Gasteiger partial charge in [-0.25, -0.2) is 4.79 Å². The van der Waals surface area contributed by atoms with Gasteiger partial charge in [0, 0.05) is 10.2 Å². The number of carboxylic acids is 1. The highest BCUT2D eigenvalue weighted by molar-refractivity contribution is 9.10. The number of nitrogens with two attached hydrogens (primary N) is 1. The second-order valence-electron chi connectivity index (χ2n) is 2.16. The summed E-state index contributed by atoms with van der Waals surface area (Å²) in [6, 6.07) is 2.89. The van der Waals surface area contributed by atoms with Crippen LogP contribution >= 0.6 is 27.5 Å². The van der Waals surface area contributed by atoms with E-state index in [4.69, 9.17) is 22.4 Å². The molecule has 3 N–H and O–H groups in total. The Bertz CT molecular complexity index is 317. The first-order valence-corrected chi connectivity index (χ1v) is 4.17. The lowest BCUT2D eigenvalue weighted by Gasteiger charge is -2.02. The first kappa shape index (κ1) is 9.35. The lowest BCUT2D eigenvalue weighted by Crippen LogP contribution is -2.00. The molecule has 0 heterocycles. The number of benzene rings is 1. The fourth-order valence-electron chi connectivity index (χ4n) is 0.797. The fraction of sp³-hybridized carbons (Fsp3) is 0. The predicted molar refractivity (Wildman–Crippen MR) is 50.5 cm³/mol. The molecular weight excluding hydrogens is 245 g/mol. The summed E-state index contributed by atoms with van der Waals surface area (Å²) in [6.45, 7) is 0. The number of anilines is 1. The van der Waals surface area contributed by atoms with E-state index in [2.05, 4.69) is 15.9 Å². The molecule has 0 unspecified atom stereocenters. The first-order chi connectivity index (χ1) is 5.52. The first-order valence-electron chi connectivity index (χ1n) is 3.00. The molecule has 0 fully saturated rings. The second-order valence-corrected chi connectivity index (χ2v) is 3.43. The Morgan fingerprint density at radius 1 is 1.58 bits per heavy atom. The van der Waals surface area contributed by atoms with Crippen LogP contribution in [0.15, 0.2) is 16.6 Å². The van der Waals surface area contributed by atoms with Crippen LogP contribution in [0.4, 0.5) is 5.69 Å². The third-order valence-corrected chi connectivity index (χ3v) is 2.20. The third kappa shape index (κ3) is 1.70.